The number of hydrogen-bond donors (Lipinski definition) is 1. The largest absolute Gasteiger partial charge is 0.388 e. The van der Waals surface area contributed by atoms with Gasteiger partial charge in [0.05, 0.1) is 6.10 Å². The number of hydrogen-bond acceptors (Lipinski definition) is 1. The molecule has 1 aromatic rings. The SMILES string of the molecule is Cc1cc2c(n1C1CCCCC1C)CC(C)(C)CC2O. The molecule has 3 unspecified atom stereocenters. The molecule has 2 heteroatoms. The van der Waals surface area contributed by atoms with Crippen LogP contribution in [0.4, 0.5) is 0 Å². The molecule has 1 N–H and O–H groups in total. The van der Waals surface area contributed by atoms with Gasteiger partial charge in [-0.15, -0.1) is 0 Å². The van der Waals surface area contributed by atoms with E-state index in [1.807, 2.05) is 0 Å². The number of fused-ring (bicyclic) bond motifs is 1. The van der Waals surface area contributed by atoms with Crippen LogP contribution < -0.4 is 0 Å². The van der Waals surface area contributed by atoms with Crippen molar-refractivity contribution in [3.05, 3.63) is 23.0 Å². The van der Waals surface area contributed by atoms with Crippen LogP contribution in [0, 0.1) is 18.3 Å². The molecule has 2 nitrogen and oxygen atoms in total. The lowest BCUT2D eigenvalue weighted by Crippen LogP contribution is -2.30. The summed E-state index contributed by atoms with van der Waals surface area (Å²) >= 11 is 0. The Balaban J connectivity index is 2.04. The van der Waals surface area contributed by atoms with E-state index in [1.165, 1.54) is 42.6 Å². The number of aliphatic hydroxyl groups excluding tert-OH is 1. The number of aliphatic hydroxyl groups is 1. The maximum absolute atomic E-state index is 10.5. The summed E-state index contributed by atoms with van der Waals surface area (Å²) in [5.74, 6) is 0.765. The molecule has 1 saturated carbocycles. The van der Waals surface area contributed by atoms with Gasteiger partial charge < -0.3 is 9.67 Å². The highest BCUT2D eigenvalue weighted by Crippen LogP contribution is 2.45. The lowest BCUT2D eigenvalue weighted by atomic mass is 9.75. The second-order valence-electron chi connectivity index (χ2n) is 7.95. The summed E-state index contributed by atoms with van der Waals surface area (Å²) < 4.78 is 2.59. The molecule has 3 rings (SSSR count). The van der Waals surface area contributed by atoms with E-state index in [-0.39, 0.29) is 11.5 Å². The first-order valence-electron chi connectivity index (χ1n) is 8.28. The highest BCUT2D eigenvalue weighted by molar-refractivity contribution is 5.34. The van der Waals surface area contributed by atoms with Gasteiger partial charge in [-0.2, -0.15) is 0 Å². The molecule has 2 aliphatic carbocycles. The molecule has 112 valence electrons. The first-order chi connectivity index (χ1) is 9.39. The van der Waals surface area contributed by atoms with Crippen LogP contribution in [0.1, 0.15) is 82.0 Å². The predicted octanol–water partition coefficient (Wildman–Crippen LogP) is 4.55. The van der Waals surface area contributed by atoms with Gasteiger partial charge in [0.1, 0.15) is 0 Å². The molecule has 1 heterocycles. The van der Waals surface area contributed by atoms with Crippen LogP contribution in [0.2, 0.25) is 0 Å². The van der Waals surface area contributed by atoms with Crippen LogP contribution in [-0.4, -0.2) is 9.67 Å². The molecule has 0 bridgehead atoms. The smallest absolute Gasteiger partial charge is 0.0812 e. The summed E-state index contributed by atoms with van der Waals surface area (Å²) in [7, 11) is 0. The van der Waals surface area contributed by atoms with E-state index in [0.29, 0.717) is 6.04 Å². The summed E-state index contributed by atoms with van der Waals surface area (Å²) in [5.41, 5.74) is 4.20. The zero-order chi connectivity index (χ0) is 14.5. The molecule has 0 spiro atoms. The number of rotatable bonds is 1. The van der Waals surface area contributed by atoms with E-state index in [0.717, 1.165) is 18.8 Å². The van der Waals surface area contributed by atoms with E-state index in [2.05, 4.69) is 38.3 Å². The van der Waals surface area contributed by atoms with Crippen molar-refractivity contribution in [3.8, 4) is 0 Å². The van der Waals surface area contributed by atoms with Gasteiger partial charge in [-0.05, 0) is 50.0 Å². The van der Waals surface area contributed by atoms with Crippen molar-refractivity contribution >= 4 is 0 Å². The van der Waals surface area contributed by atoms with E-state index in [9.17, 15) is 5.11 Å². The molecule has 0 aliphatic heterocycles. The molecule has 0 radical (unpaired) electrons. The third-order valence-corrected chi connectivity index (χ3v) is 5.52. The van der Waals surface area contributed by atoms with Gasteiger partial charge in [-0.1, -0.05) is 33.6 Å². The third-order valence-electron chi connectivity index (χ3n) is 5.52. The van der Waals surface area contributed by atoms with Crippen LogP contribution in [0.25, 0.3) is 0 Å². The minimum atomic E-state index is -0.271. The summed E-state index contributed by atoms with van der Waals surface area (Å²) in [6.45, 7) is 9.20. The van der Waals surface area contributed by atoms with Crippen molar-refractivity contribution in [1.82, 2.24) is 4.57 Å². The fourth-order valence-corrected chi connectivity index (χ4v) is 4.51. The van der Waals surface area contributed by atoms with Gasteiger partial charge in [0.25, 0.3) is 0 Å². The predicted molar refractivity (Wildman–Crippen MR) is 82.9 cm³/mol. The molecule has 0 saturated heterocycles. The summed E-state index contributed by atoms with van der Waals surface area (Å²) in [6, 6.07) is 2.89. The van der Waals surface area contributed by atoms with Crippen LogP contribution >= 0.6 is 0 Å². The molecule has 1 fully saturated rings. The Morgan fingerprint density at radius 1 is 1.25 bits per heavy atom. The fourth-order valence-electron chi connectivity index (χ4n) is 4.51. The van der Waals surface area contributed by atoms with E-state index >= 15 is 0 Å². The van der Waals surface area contributed by atoms with Crippen LogP contribution in [-0.2, 0) is 6.42 Å². The zero-order valence-electron chi connectivity index (χ0n) is 13.4. The average molecular weight is 275 g/mol. The molecular weight excluding hydrogens is 246 g/mol. The first kappa shape index (κ1) is 14.2. The van der Waals surface area contributed by atoms with Crippen molar-refractivity contribution in [2.45, 2.75) is 78.4 Å². The van der Waals surface area contributed by atoms with Gasteiger partial charge in [-0.25, -0.2) is 0 Å². The summed E-state index contributed by atoms with van der Waals surface area (Å²) in [5, 5.41) is 10.5. The quantitative estimate of drug-likeness (QED) is 0.799. The van der Waals surface area contributed by atoms with Crippen molar-refractivity contribution in [3.63, 3.8) is 0 Å². The van der Waals surface area contributed by atoms with Gasteiger partial charge >= 0.3 is 0 Å². The van der Waals surface area contributed by atoms with Crippen LogP contribution in [0.15, 0.2) is 6.07 Å². The Labute approximate surface area is 123 Å². The fraction of sp³-hybridized carbons (Fsp3) is 0.778. The van der Waals surface area contributed by atoms with Crippen molar-refractivity contribution in [2.24, 2.45) is 11.3 Å². The molecule has 20 heavy (non-hydrogen) atoms. The van der Waals surface area contributed by atoms with Crippen molar-refractivity contribution in [1.29, 1.82) is 0 Å². The van der Waals surface area contributed by atoms with E-state index < -0.39 is 0 Å². The summed E-state index contributed by atoms with van der Waals surface area (Å²) in [6.07, 6.45) is 7.12. The Bertz CT molecular complexity index is 500. The summed E-state index contributed by atoms with van der Waals surface area (Å²) in [4.78, 5) is 0. The number of aryl methyl sites for hydroxylation is 1. The Morgan fingerprint density at radius 3 is 2.65 bits per heavy atom. The molecule has 2 aliphatic rings. The Morgan fingerprint density at radius 2 is 1.95 bits per heavy atom. The number of nitrogens with zero attached hydrogens (tertiary/aromatic N) is 1. The van der Waals surface area contributed by atoms with Gasteiger partial charge in [-0.3, -0.25) is 0 Å². The lowest BCUT2D eigenvalue weighted by Gasteiger charge is -2.38. The Hall–Kier alpha value is -0.760. The van der Waals surface area contributed by atoms with E-state index in [1.54, 1.807) is 0 Å². The second kappa shape index (κ2) is 4.91. The highest BCUT2D eigenvalue weighted by Gasteiger charge is 2.36. The molecule has 3 atom stereocenters. The lowest BCUT2D eigenvalue weighted by molar-refractivity contribution is 0.0961. The Kier molecular flexibility index (Phi) is 3.48. The van der Waals surface area contributed by atoms with Crippen molar-refractivity contribution in [2.75, 3.05) is 0 Å². The van der Waals surface area contributed by atoms with E-state index in [4.69, 9.17) is 0 Å². The van der Waals surface area contributed by atoms with Crippen molar-refractivity contribution < 1.29 is 5.11 Å². The first-order valence-corrected chi connectivity index (χ1v) is 8.28. The van der Waals surface area contributed by atoms with Gasteiger partial charge in [0.2, 0.25) is 0 Å². The van der Waals surface area contributed by atoms with Gasteiger partial charge in [0, 0.05) is 23.0 Å². The zero-order valence-corrected chi connectivity index (χ0v) is 13.4. The normalized spacial score (nSPS) is 33.0. The maximum Gasteiger partial charge on any atom is 0.0812 e. The van der Waals surface area contributed by atoms with Crippen LogP contribution in [0.5, 0.6) is 0 Å². The topological polar surface area (TPSA) is 25.2 Å². The maximum atomic E-state index is 10.5. The van der Waals surface area contributed by atoms with Gasteiger partial charge in [0.15, 0.2) is 0 Å². The monoisotopic (exact) mass is 275 g/mol. The molecular formula is C18H29NO. The molecule has 0 aromatic carbocycles. The standard InChI is InChI=1S/C18H29NO/c1-12-7-5-6-8-15(12)19-13(2)9-14-16(19)10-18(3,4)11-17(14)20/h9,12,15,17,20H,5-8,10-11H2,1-4H3. The number of aromatic nitrogens is 1. The molecule has 0 amide bonds. The molecule has 1 aromatic heterocycles. The average Bonchev–Trinajstić information content (AvgIpc) is 2.66. The minimum absolute atomic E-state index is 0.215. The minimum Gasteiger partial charge on any atom is -0.388 e. The second-order valence-corrected chi connectivity index (χ2v) is 7.95. The highest BCUT2D eigenvalue weighted by atomic mass is 16.3. The third kappa shape index (κ3) is 2.32. The van der Waals surface area contributed by atoms with Crippen LogP contribution in [0.3, 0.4) is 0 Å².